The zero-order valence-corrected chi connectivity index (χ0v) is 37.1. The molecule has 0 amide bonds. The van der Waals surface area contributed by atoms with E-state index in [-0.39, 0.29) is 0 Å². The minimum atomic E-state index is -1.83. The number of hydrogen-bond donors (Lipinski definition) is 0. The number of rotatable bonds is 14. The molecule has 2 aliphatic rings. The summed E-state index contributed by atoms with van der Waals surface area (Å²) < 4.78 is 59.7. The molecule has 340 valence electrons. The highest BCUT2D eigenvalue weighted by atomic mass is 32.9. The summed E-state index contributed by atoms with van der Waals surface area (Å²) >= 11 is 0. The molecule has 0 N–H and O–H groups in total. The van der Waals surface area contributed by atoms with Crippen LogP contribution in [-0.4, -0.2) is 121 Å². The lowest BCUT2D eigenvalue weighted by atomic mass is 9.95. The van der Waals surface area contributed by atoms with Gasteiger partial charge in [-0.25, -0.2) is 9.98 Å². The number of nitrogens with zero attached hydrogens (tertiary/aromatic N) is 3. The molecule has 0 radical (unpaired) electrons. The first-order valence-corrected chi connectivity index (χ1v) is 21.6. The van der Waals surface area contributed by atoms with Crippen LogP contribution in [0.4, 0.5) is 5.69 Å². The second-order valence-electron chi connectivity index (χ2n) is 14.2. The van der Waals surface area contributed by atoms with Crippen molar-refractivity contribution in [1.29, 1.82) is 0 Å². The van der Waals surface area contributed by atoms with Crippen LogP contribution < -0.4 is 9.60 Å². The first-order chi connectivity index (χ1) is 29.9. The molecule has 5 rings (SSSR count). The molecular formula is C41H47N3O17S2. The lowest BCUT2D eigenvalue weighted by Crippen LogP contribution is -2.67. The molecule has 2 aromatic carbocycles. The highest BCUT2D eigenvalue weighted by Gasteiger charge is 2.57. The maximum atomic E-state index is 12.9. The summed E-state index contributed by atoms with van der Waals surface area (Å²) in [5.74, 6) is -5.90. The zero-order valence-electron chi connectivity index (χ0n) is 35.5. The number of carbonyl (C=O) groups excluding carboxylic acids is 7. The summed E-state index contributed by atoms with van der Waals surface area (Å²) in [6.07, 6.45) is -15.9. The smallest absolute Gasteiger partial charge is 0.303 e. The number of hydrogen-bond acceptors (Lipinski definition) is 21. The van der Waals surface area contributed by atoms with E-state index in [9.17, 15) is 33.6 Å². The molecule has 63 heavy (non-hydrogen) atoms. The molecule has 0 aliphatic carbocycles. The van der Waals surface area contributed by atoms with Crippen LogP contribution in [-0.2, 0) is 80.9 Å². The predicted octanol–water partition coefficient (Wildman–Crippen LogP) is 2.66. The number of ether oxygens (including phenoxy) is 10. The van der Waals surface area contributed by atoms with Gasteiger partial charge in [0.1, 0.15) is 31.5 Å². The maximum Gasteiger partial charge on any atom is 0.303 e. The summed E-state index contributed by atoms with van der Waals surface area (Å²) in [5.41, 5.74) is 2.33. The minimum Gasteiger partial charge on any atom is -0.463 e. The highest BCUT2D eigenvalue weighted by molar-refractivity contribution is 7.67. The largest absolute Gasteiger partial charge is 0.463 e. The van der Waals surface area contributed by atoms with Gasteiger partial charge < -0.3 is 47.4 Å². The van der Waals surface area contributed by atoms with E-state index in [1.54, 1.807) is 4.57 Å². The molecule has 20 nitrogen and oxygen atoms in total. The fourth-order valence-electron chi connectivity index (χ4n) is 6.69. The van der Waals surface area contributed by atoms with E-state index in [1.807, 2.05) is 61.5 Å². The summed E-state index contributed by atoms with van der Waals surface area (Å²) in [6, 6.07) is 16.7. The lowest BCUT2D eigenvalue weighted by Gasteiger charge is -2.48. The van der Waals surface area contributed by atoms with Crippen LogP contribution in [0.1, 0.15) is 54.0 Å². The third kappa shape index (κ3) is 13.3. The number of benzene rings is 2. The van der Waals surface area contributed by atoms with Crippen molar-refractivity contribution in [2.75, 3.05) is 13.2 Å². The van der Waals surface area contributed by atoms with Gasteiger partial charge in [0.05, 0.1) is 11.4 Å². The molecule has 0 unspecified atom stereocenters. The number of aromatic nitrogens is 1. The van der Waals surface area contributed by atoms with E-state index < -0.39 is 116 Å². The molecule has 3 heterocycles. The van der Waals surface area contributed by atoms with Crippen molar-refractivity contribution in [3.63, 3.8) is 0 Å². The Morgan fingerprint density at radius 2 is 1.08 bits per heavy atom. The molecule has 0 spiro atoms. The zero-order chi connectivity index (χ0) is 46.0. The number of carbonyl (C=O) groups is 7. The Hall–Kier alpha value is -5.81. The molecule has 0 saturated carbocycles. The van der Waals surface area contributed by atoms with Crippen molar-refractivity contribution >= 4 is 68.2 Å². The van der Waals surface area contributed by atoms with Gasteiger partial charge in [-0.1, -0.05) is 30.3 Å². The van der Waals surface area contributed by atoms with Gasteiger partial charge in [0.15, 0.2) is 43.0 Å². The molecule has 22 heteroatoms. The van der Waals surface area contributed by atoms with Crippen molar-refractivity contribution in [1.82, 2.24) is 4.57 Å². The van der Waals surface area contributed by atoms with Crippen molar-refractivity contribution in [3.05, 3.63) is 69.8 Å². The fourth-order valence-corrected chi connectivity index (χ4v) is 8.85. The molecular weight excluding hydrogens is 871 g/mol. The quantitative estimate of drug-likeness (QED) is 0.128. The average molecular weight is 918 g/mol. The van der Waals surface area contributed by atoms with Crippen LogP contribution in [0.2, 0.25) is 0 Å². The van der Waals surface area contributed by atoms with Crippen molar-refractivity contribution in [2.24, 2.45) is 9.98 Å². The van der Waals surface area contributed by atoms with Crippen molar-refractivity contribution in [2.45, 2.75) is 117 Å². The van der Waals surface area contributed by atoms with Crippen LogP contribution in [0, 0.1) is 6.92 Å². The Kier molecular flexibility index (Phi) is 16.8. The predicted molar refractivity (Wildman–Crippen MR) is 217 cm³/mol. The average Bonchev–Trinajstić information content (AvgIpc) is 3.58. The van der Waals surface area contributed by atoms with Gasteiger partial charge >= 0.3 is 41.8 Å². The second-order valence-corrected chi connectivity index (χ2v) is 16.2. The van der Waals surface area contributed by atoms with Gasteiger partial charge in [0, 0.05) is 48.5 Å². The molecule has 2 fully saturated rings. The van der Waals surface area contributed by atoms with Crippen LogP contribution >= 0.6 is 20.7 Å². The van der Waals surface area contributed by atoms with Gasteiger partial charge in [0.25, 0.3) is 0 Å². The van der Waals surface area contributed by atoms with Crippen LogP contribution in [0.3, 0.4) is 0 Å². The number of aryl methyl sites for hydroxylation is 1. The molecule has 0 bridgehead atoms. The minimum absolute atomic E-state index is 0.312. The third-order valence-corrected chi connectivity index (χ3v) is 11.0. The maximum absolute atomic E-state index is 12.9. The van der Waals surface area contributed by atoms with E-state index in [0.717, 1.165) is 54.0 Å². The summed E-state index contributed by atoms with van der Waals surface area (Å²) in [6.45, 7) is 8.39. The third-order valence-electron chi connectivity index (χ3n) is 8.96. The molecule has 2 aliphatic heterocycles. The van der Waals surface area contributed by atoms with Gasteiger partial charge in [-0.3, -0.25) is 38.1 Å². The normalized spacial score (nSPS) is 26.2. The van der Waals surface area contributed by atoms with Crippen LogP contribution in [0.5, 0.6) is 0 Å². The second kappa shape index (κ2) is 22.0. The lowest BCUT2D eigenvalue weighted by molar-refractivity contribution is -0.344. The summed E-state index contributed by atoms with van der Waals surface area (Å²) in [5, 5.41) is 0. The van der Waals surface area contributed by atoms with Gasteiger partial charge in [-0.15, -0.1) is 0 Å². The summed E-state index contributed by atoms with van der Waals surface area (Å²) in [4.78, 5) is 98.1. The van der Waals surface area contributed by atoms with E-state index in [2.05, 4.69) is 0 Å². The Morgan fingerprint density at radius 3 is 1.63 bits per heavy atom. The van der Waals surface area contributed by atoms with Gasteiger partial charge in [-0.2, -0.15) is 0 Å². The van der Waals surface area contributed by atoms with Crippen LogP contribution in [0.25, 0.3) is 5.69 Å². The molecule has 1 aromatic heterocycles. The highest BCUT2D eigenvalue weighted by Crippen LogP contribution is 2.35. The van der Waals surface area contributed by atoms with Gasteiger partial charge in [-0.05, 0) is 57.4 Å². The SMILES string of the molecule is CC(=O)OC[C@H]1O[C@@H](O[C@H]2[C@H](OC(C)=O)[C@@H](OC(C)=O)[C@H](/N=c3/ssc(=Nc4cccc(C)c4)n3-c3ccccc3)O[C@@H]2COC(C)=O)[C@H](OC(C)=O)[C@@H](OC(C)=O)[C@H]1OC(C)=O. The first-order valence-electron chi connectivity index (χ1n) is 19.4. The Balaban J connectivity index is 1.68. The van der Waals surface area contributed by atoms with Crippen LogP contribution in [0.15, 0.2) is 64.6 Å². The van der Waals surface area contributed by atoms with E-state index in [1.165, 1.54) is 20.7 Å². The molecule has 2 saturated heterocycles. The standard InChI is InChI=1S/C41H47N3O17S2/c1-20-13-12-14-28(17-20)42-40-44(29-15-10-9-11-16-29)41(63-62-40)43-38-36(57-26(7)50)34(55-24(5)48)33(30(59-38)18-52-21(2)45)61-39-37(58-27(8)51)35(56-25(6)49)32(54-23(4)47)31(60-39)19-53-22(3)46/h9-17,30-39H,18-19H2,1-8H3/b42-40?,43-41+/t30-,31-,32+,33-,34+,35+,36-,37-,38-,39+/m1/s1. The molecule has 10 atom stereocenters. The van der Waals surface area contributed by atoms with E-state index in [0.29, 0.717) is 21.0 Å². The Bertz CT molecular complexity index is 2290. The monoisotopic (exact) mass is 917 g/mol. The van der Waals surface area contributed by atoms with Gasteiger partial charge in [0.2, 0.25) is 9.60 Å². The van der Waals surface area contributed by atoms with E-state index in [4.69, 9.17) is 57.4 Å². The fraction of sp³-hybridized carbons (Fsp3) is 0.488. The molecule has 3 aromatic rings. The van der Waals surface area contributed by atoms with E-state index >= 15 is 0 Å². The first kappa shape index (κ1) is 48.2. The van der Waals surface area contributed by atoms with Crippen molar-refractivity contribution in [3.8, 4) is 5.69 Å². The Morgan fingerprint density at radius 1 is 0.571 bits per heavy atom. The topological polar surface area (TPSA) is 241 Å². The number of para-hydroxylation sites is 1. The Labute approximate surface area is 368 Å². The summed E-state index contributed by atoms with van der Waals surface area (Å²) in [7, 11) is 2.50. The number of esters is 7. The van der Waals surface area contributed by atoms with Crippen molar-refractivity contribution < 1.29 is 80.9 Å².